The Labute approximate surface area is 178 Å². The molecule has 0 saturated heterocycles. The van der Waals surface area contributed by atoms with Crippen LogP contribution in [0.5, 0.6) is 0 Å². The highest BCUT2D eigenvalue weighted by Crippen LogP contribution is 2.33. The van der Waals surface area contributed by atoms with Gasteiger partial charge in [-0.1, -0.05) is 28.6 Å². The van der Waals surface area contributed by atoms with Crippen LogP contribution in [-0.4, -0.2) is 55.2 Å². The first-order chi connectivity index (χ1) is 14.3. The number of methoxy groups -OCH3 is 1. The van der Waals surface area contributed by atoms with Crippen LogP contribution in [0.15, 0.2) is 40.5 Å². The van der Waals surface area contributed by atoms with Crippen molar-refractivity contribution in [2.45, 2.75) is 42.6 Å². The number of anilines is 1. The number of hydrogen-bond acceptors (Lipinski definition) is 9. The molecular weight excluding hydrogens is 430 g/mol. The average Bonchev–Trinajstić information content (AvgIpc) is 3.51. The van der Waals surface area contributed by atoms with E-state index in [-0.39, 0.29) is 22.5 Å². The summed E-state index contributed by atoms with van der Waals surface area (Å²) in [6.45, 7) is 1.70. The summed E-state index contributed by atoms with van der Waals surface area (Å²) < 4.78 is 29.8. The number of aliphatic hydroxyl groups is 1. The second-order valence-corrected chi connectivity index (χ2v) is 10.2. The molecule has 1 amide bonds. The zero-order valence-corrected chi connectivity index (χ0v) is 18.2. The molecule has 162 valence electrons. The standard InChI is InChI=1S/C19H23N3O6S2/c1-12(10-23)28-22-17(18(24)21-19-20-9-14(29-19)11-27-2)13-3-5-15(6-4-13)30(25,26)16-7-8-16/h3-6,9,12,16,23H,7-8,10-11H2,1-2H3,(H,20,21,24)/b22-17+/t12-/m1/s1. The molecule has 1 aromatic carbocycles. The van der Waals surface area contributed by atoms with Crippen molar-refractivity contribution in [2.75, 3.05) is 19.0 Å². The number of nitrogens with zero attached hydrogens (tertiary/aromatic N) is 2. The zero-order valence-electron chi connectivity index (χ0n) is 16.6. The summed E-state index contributed by atoms with van der Waals surface area (Å²) in [6.07, 6.45) is 2.33. The lowest BCUT2D eigenvalue weighted by Crippen LogP contribution is -2.25. The molecule has 1 aliphatic carbocycles. The summed E-state index contributed by atoms with van der Waals surface area (Å²) in [6, 6.07) is 5.94. The topological polar surface area (TPSA) is 127 Å². The number of hydrogen-bond donors (Lipinski definition) is 2. The van der Waals surface area contributed by atoms with E-state index in [1.807, 2.05) is 0 Å². The van der Waals surface area contributed by atoms with Gasteiger partial charge < -0.3 is 14.7 Å². The lowest BCUT2D eigenvalue weighted by atomic mass is 10.1. The first-order valence-corrected chi connectivity index (χ1v) is 11.7. The molecule has 2 aromatic rings. The third kappa shape index (κ3) is 5.42. The molecule has 1 fully saturated rings. The Morgan fingerprint density at radius 2 is 2.07 bits per heavy atom. The molecule has 0 bridgehead atoms. The monoisotopic (exact) mass is 453 g/mol. The van der Waals surface area contributed by atoms with Crippen LogP contribution in [0.4, 0.5) is 5.13 Å². The van der Waals surface area contributed by atoms with Crippen LogP contribution in [0.3, 0.4) is 0 Å². The predicted molar refractivity (Wildman–Crippen MR) is 112 cm³/mol. The zero-order chi connectivity index (χ0) is 21.7. The molecule has 1 aliphatic rings. The van der Waals surface area contributed by atoms with Crippen molar-refractivity contribution < 1.29 is 27.9 Å². The van der Waals surface area contributed by atoms with Crippen LogP contribution in [0.1, 0.15) is 30.2 Å². The highest BCUT2D eigenvalue weighted by molar-refractivity contribution is 7.92. The lowest BCUT2D eigenvalue weighted by Gasteiger charge is -2.10. The molecule has 2 N–H and O–H groups in total. The molecule has 30 heavy (non-hydrogen) atoms. The van der Waals surface area contributed by atoms with Crippen molar-refractivity contribution in [3.63, 3.8) is 0 Å². The number of amides is 1. The second kappa shape index (κ2) is 9.65. The summed E-state index contributed by atoms with van der Waals surface area (Å²) in [5.41, 5.74) is 0.315. The van der Waals surface area contributed by atoms with Gasteiger partial charge in [0.05, 0.1) is 28.2 Å². The van der Waals surface area contributed by atoms with Crippen molar-refractivity contribution in [1.82, 2.24) is 4.98 Å². The van der Waals surface area contributed by atoms with Gasteiger partial charge in [0.1, 0.15) is 6.10 Å². The van der Waals surface area contributed by atoms with Gasteiger partial charge in [-0.05, 0) is 31.9 Å². The molecule has 0 aliphatic heterocycles. The summed E-state index contributed by atoms with van der Waals surface area (Å²) in [7, 11) is -1.77. The fourth-order valence-corrected chi connectivity index (χ4v) is 4.94. The molecule has 1 atom stereocenters. The lowest BCUT2D eigenvalue weighted by molar-refractivity contribution is -0.110. The van der Waals surface area contributed by atoms with Gasteiger partial charge in [0.25, 0.3) is 5.91 Å². The minimum Gasteiger partial charge on any atom is -0.392 e. The van der Waals surface area contributed by atoms with E-state index in [9.17, 15) is 13.2 Å². The highest BCUT2D eigenvalue weighted by Gasteiger charge is 2.36. The number of oxime groups is 1. The summed E-state index contributed by atoms with van der Waals surface area (Å²) in [5, 5.41) is 15.7. The van der Waals surface area contributed by atoms with Crippen LogP contribution in [-0.2, 0) is 30.8 Å². The quantitative estimate of drug-likeness (QED) is 0.416. The molecule has 0 unspecified atom stereocenters. The Morgan fingerprint density at radius 1 is 1.37 bits per heavy atom. The molecule has 3 rings (SSSR count). The van der Waals surface area contributed by atoms with Gasteiger partial charge in [-0.15, -0.1) is 0 Å². The smallest absolute Gasteiger partial charge is 0.280 e. The van der Waals surface area contributed by atoms with Gasteiger partial charge in [0.2, 0.25) is 0 Å². The van der Waals surface area contributed by atoms with Crippen molar-refractivity contribution in [3.05, 3.63) is 40.9 Å². The Bertz CT molecular complexity index is 1010. The normalized spacial score (nSPS) is 15.6. The van der Waals surface area contributed by atoms with E-state index < -0.39 is 21.8 Å². The van der Waals surface area contributed by atoms with Crippen molar-refractivity contribution in [3.8, 4) is 0 Å². The van der Waals surface area contributed by atoms with Gasteiger partial charge >= 0.3 is 0 Å². The maximum absolute atomic E-state index is 12.8. The largest absolute Gasteiger partial charge is 0.392 e. The number of benzene rings is 1. The van der Waals surface area contributed by atoms with E-state index in [1.54, 1.807) is 20.2 Å². The van der Waals surface area contributed by atoms with Gasteiger partial charge in [0.15, 0.2) is 20.7 Å². The fraction of sp³-hybridized carbons (Fsp3) is 0.421. The number of ether oxygens (including phenoxy) is 1. The SMILES string of the molecule is COCc1cnc(NC(=O)/C(=N/O[C@H](C)CO)c2ccc(S(=O)(=O)C3CC3)cc2)s1. The number of thiazole rings is 1. The average molecular weight is 454 g/mol. The first kappa shape index (κ1) is 22.3. The molecular formula is C19H23N3O6S2. The Morgan fingerprint density at radius 3 is 2.67 bits per heavy atom. The number of carbonyl (C=O) groups excluding carboxylic acids is 1. The van der Waals surface area contributed by atoms with Crippen molar-refractivity contribution in [1.29, 1.82) is 0 Å². The maximum Gasteiger partial charge on any atom is 0.280 e. The van der Waals surface area contributed by atoms with Crippen molar-refractivity contribution >= 4 is 37.9 Å². The van der Waals surface area contributed by atoms with Gasteiger partial charge in [0, 0.05) is 18.9 Å². The van der Waals surface area contributed by atoms with E-state index >= 15 is 0 Å². The van der Waals surface area contributed by atoms with Gasteiger partial charge in [-0.25, -0.2) is 13.4 Å². The number of aliphatic hydroxyl groups excluding tert-OH is 1. The van der Waals surface area contributed by atoms with Crippen LogP contribution in [0.2, 0.25) is 0 Å². The third-order valence-corrected chi connectivity index (χ3v) is 7.44. The summed E-state index contributed by atoms with van der Waals surface area (Å²) in [5.74, 6) is -0.573. The fourth-order valence-electron chi connectivity index (χ4n) is 2.51. The van der Waals surface area contributed by atoms with E-state index in [0.717, 1.165) is 4.88 Å². The number of carbonyl (C=O) groups is 1. The minimum absolute atomic E-state index is 0.0610. The maximum atomic E-state index is 12.8. The van der Waals surface area contributed by atoms with E-state index in [0.29, 0.717) is 30.1 Å². The van der Waals surface area contributed by atoms with E-state index in [2.05, 4.69) is 15.5 Å². The van der Waals surface area contributed by atoms with Crippen LogP contribution < -0.4 is 5.32 Å². The van der Waals surface area contributed by atoms with Gasteiger partial charge in [-0.2, -0.15) is 0 Å². The summed E-state index contributed by atoms with van der Waals surface area (Å²) >= 11 is 1.26. The van der Waals surface area contributed by atoms with E-state index in [4.69, 9.17) is 14.7 Å². The van der Waals surface area contributed by atoms with E-state index in [1.165, 1.54) is 35.6 Å². The Kier molecular flexibility index (Phi) is 7.19. The number of sulfone groups is 1. The third-order valence-electron chi connectivity index (χ3n) is 4.28. The number of rotatable bonds is 10. The van der Waals surface area contributed by atoms with Crippen LogP contribution in [0.25, 0.3) is 0 Å². The summed E-state index contributed by atoms with van der Waals surface area (Å²) in [4.78, 5) is 23.2. The van der Waals surface area contributed by atoms with Crippen LogP contribution >= 0.6 is 11.3 Å². The van der Waals surface area contributed by atoms with Crippen LogP contribution in [0, 0.1) is 0 Å². The predicted octanol–water partition coefficient (Wildman–Crippen LogP) is 1.97. The number of nitrogens with one attached hydrogen (secondary N) is 1. The number of aromatic nitrogens is 1. The highest BCUT2D eigenvalue weighted by atomic mass is 32.2. The second-order valence-electron chi connectivity index (χ2n) is 6.83. The Balaban J connectivity index is 1.83. The molecule has 1 heterocycles. The molecule has 0 radical (unpaired) electrons. The first-order valence-electron chi connectivity index (χ1n) is 9.29. The molecule has 1 saturated carbocycles. The minimum atomic E-state index is -3.33. The van der Waals surface area contributed by atoms with Crippen molar-refractivity contribution in [2.24, 2.45) is 5.16 Å². The molecule has 1 aromatic heterocycles. The van der Waals surface area contributed by atoms with Gasteiger partial charge in [-0.3, -0.25) is 10.1 Å². The molecule has 11 heteroatoms. The Hall–Kier alpha value is -2.34. The molecule has 9 nitrogen and oxygen atoms in total. The molecule has 0 spiro atoms.